The van der Waals surface area contributed by atoms with Crippen LogP contribution in [0, 0.1) is 0 Å². The van der Waals surface area contributed by atoms with Gasteiger partial charge in [0.25, 0.3) is 5.91 Å². The zero-order valence-corrected chi connectivity index (χ0v) is 32.4. The molecule has 2 fully saturated rings. The molecule has 4 aromatic carbocycles. The maximum Gasteiger partial charge on any atom is 0.334 e. The van der Waals surface area contributed by atoms with Crippen molar-refractivity contribution in [1.82, 2.24) is 34.7 Å². The molecule has 13 nitrogen and oxygen atoms in total. The molecule has 0 spiro atoms. The highest BCUT2D eigenvalue weighted by atomic mass is 16.3. The van der Waals surface area contributed by atoms with Gasteiger partial charge in [-0.05, 0) is 60.4 Å². The first kappa shape index (κ1) is 38.8. The zero-order chi connectivity index (χ0) is 40.4. The summed E-state index contributed by atoms with van der Waals surface area (Å²) in [6.45, 7) is 8.30. The standard InChI is InChI=1S/C44H48N8O5/c1-5-22-49-28-40(54)50-38(23-30-14-20-35(53)21-15-30)43(56)48(27-39(50)52(49)44(57)46-24-31-10-7-6-8-11-31)25-34-12-9-13-36-37(26-47(4)41(34)36)32-16-18-33(19-17-32)42(55)51(45)29(2)3/h5-21,26,29,38-39,53H,1,22-25,27-28,45H2,2-4H3,(H,46,57)/t38-,39-/m0/s1. The molecule has 5 aromatic rings. The number of phenols is 1. The van der Waals surface area contributed by atoms with Crippen molar-refractivity contribution in [3.8, 4) is 16.9 Å². The van der Waals surface area contributed by atoms with Crippen LogP contribution in [-0.2, 0) is 36.1 Å². The number of rotatable bonds is 11. The summed E-state index contributed by atoms with van der Waals surface area (Å²) in [6.07, 6.45) is 3.06. The van der Waals surface area contributed by atoms with E-state index in [0.717, 1.165) is 38.7 Å². The van der Waals surface area contributed by atoms with E-state index in [1.165, 1.54) is 5.01 Å². The monoisotopic (exact) mass is 768 g/mol. The molecule has 294 valence electrons. The largest absolute Gasteiger partial charge is 0.508 e. The lowest BCUT2D eigenvalue weighted by Gasteiger charge is -2.55. The van der Waals surface area contributed by atoms with Crippen molar-refractivity contribution in [3.63, 3.8) is 0 Å². The van der Waals surface area contributed by atoms with Crippen molar-refractivity contribution in [2.45, 2.75) is 51.6 Å². The Kier molecular flexibility index (Phi) is 11.1. The van der Waals surface area contributed by atoms with Gasteiger partial charge in [-0.3, -0.25) is 19.4 Å². The zero-order valence-electron chi connectivity index (χ0n) is 32.4. The summed E-state index contributed by atoms with van der Waals surface area (Å²) >= 11 is 0. The highest BCUT2D eigenvalue weighted by Crippen LogP contribution is 2.35. The summed E-state index contributed by atoms with van der Waals surface area (Å²) < 4.78 is 2.04. The van der Waals surface area contributed by atoms with E-state index in [1.807, 2.05) is 92.3 Å². The molecule has 57 heavy (non-hydrogen) atoms. The number of amides is 5. The van der Waals surface area contributed by atoms with Gasteiger partial charge in [0, 0.05) is 61.9 Å². The first-order valence-corrected chi connectivity index (χ1v) is 19.0. The van der Waals surface area contributed by atoms with E-state index >= 15 is 0 Å². The number of aryl methyl sites for hydroxylation is 1. The van der Waals surface area contributed by atoms with Gasteiger partial charge in [-0.15, -0.1) is 6.58 Å². The van der Waals surface area contributed by atoms with Crippen LogP contribution in [0.5, 0.6) is 5.75 Å². The number of carbonyl (C=O) groups excluding carboxylic acids is 4. The van der Waals surface area contributed by atoms with Crippen LogP contribution in [0.25, 0.3) is 22.0 Å². The average Bonchev–Trinajstić information content (AvgIpc) is 3.56. The lowest BCUT2D eigenvalue weighted by atomic mass is 9.97. The summed E-state index contributed by atoms with van der Waals surface area (Å²) in [6, 6.07) is 28.1. The topological polar surface area (TPSA) is 148 Å². The molecule has 1 aromatic heterocycles. The second kappa shape index (κ2) is 16.3. The third-order valence-electron chi connectivity index (χ3n) is 10.7. The summed E-state index contributed by atoms with van der Waals surface area (Å²) in [5.41, 5.74) is 5.87. The minimum absolute atomic E-state index is 0.0702. The van der Waals surface area contributed by atoms with E-state index in [0.29, 0.717) is 5.56 Å². The van der Waals surface area contributed by atoms with Gasteiger partial charge >= 0.3 is 6.03 Å². The third kappa shape index (κ3) is 7.84. The fourth-order valence-corrected chi connectivity index (χ4v) is 7.85. The van der Waals surface area contributed by atoms with Gasteiger partial charge in [-0.25, -0.2) is 20.7 Å². The maximum atomic E-state index is 14.7. The number of urea groups is 1. The number of nitrogens with two attached hydrogens (primary N) is 1. The molecule has 0 aliphatic carbocycles. The molecule has 2 aliphatic heterocycles. The van der Waals surface area contributed by atoms with Gasteiger partial charge in [0.1, 0.15) is 18.0 Å². The maximum absolute atomic E-state index is 14.7. The molecular formula is C44H48N8O5. The second-order valence-electron chi connectivity index (χ2n) is 14.9. The number of hydrogen-bond acceptors (Lipinski definition) is 7. The van der Waals surface area contributed by atoms with Crippen LogP contribution >= 0.6 is 0 Å². The molecule has 2 aliphatic rings. The smallest absolute Gasteiger partial charge is 0.334 e. The number of nitrogens with zero attached hydrogens (tertiary/aromatic N) is 6. The summed E-state index contributed by atoms with van der Waals surface area (Å²) in [5.74, 6) is 5.32. The van der Waals surface area contributed by atoms with Crippen molar-refractivity contribution >= 4 is 34.7 Å². The average molecular weight is 769 g/mol. The molecule has 3 heterocycles. The number of carbonyl (C=O) groups is 4. The number of aromatic nitrogens is 1. The van der Waals surface area contributed by atoms with E-state index in [9.17, 15) is 24.3 Å². The second-order valence-corrected chi connectivity index (χ2v) is 14.9. The molecule has 7 rings (SSSR count). The van der Waals surface area contributed by atoms with Gasteiger partial charge in [0.2, 0.25) is 11.8 Å². The van der Waals surface area contributed by atoms with E-state index in [-0.39, 0.29) is 68.7 Å². The lowest BCUT2D eigenvalue weighted by molar-refractivity contribution is -0.189. The van der Waals surface area contributed by atoms with Gasteiger partial charge in [-0.1, -0.05) is 78.9 Å². The van der Waals surface area contributed by atoms with E-state index in [1.54, 1.807) is 62.3 Å². The number of para-hydroxylation sites is 1. The number of benzene rings is 4. The van der Waals surface area contributed by atoms with Crippen LogP contribution in [0.1, 0.15) is 40.9 Å². The first-order valence-electron chi connectivity index (χ1n) is 19.0. The van der Waals surface area contributed by atoms with Crippen LogP contribution in [0.3, 0.4) is 0 Å². The molecule has 0 saturated carbocycles. The molecular weight excluding hydrogens is 721 g/mol. The van der Waals surface area contributed by atoms with Crippen molar-refractivity contribution in [2.24, 2.45) is 12.9 Å². The minimum atomic E-state index is -0.916. The molecule has 13 heteroatoms. The van der Waals surface area contributed by atoms with Gasteiger partial charge in [0.15, 0.2) is 0 Å². The summed E-state index contributed by atoms with van der Waals surface area (Å²) in [4.78, 5) is 59.1. The van der Waals surface area contributed by atoms with E-state index < -0.39 is 18.2 Å². The number of piperazine rings is 1. The summed E-state index contributed by atoms with van der Waals surface area (Å²) in [7, 11) is 1.96. The van der Waals surface area contributed by atoms with Crippen LogP contribution in [0.15, 0.2) is 116 Å². The molecule has 2 atom stereocenters. The van der Waals surface area contributed by atoms with E-state index in [2.05, 4.69) is 11.9 Å². The number of hydrazine groups is 2. The number of nitrogens with one attached hydrogen (secondary N) is 1. The van der Waals surface area contributed by atoms with E-state index in [4.69, 9.17) is 5.84 Å². The Hall–Kier alpha value is -6.44. The predicted molar refractivity (Wildman–Crippen MR) is 218 cm³/mol. The van der Waals surface area contributed by atoms with Crippen LogP contribution in [0.2, 0.25) is 0 Å². The molecule has 0 bridgehead atoms. The Morgan fingerprint density at radius 1 is 0.965 bits per heavy atom. The predicted octanol–water partition coefficient (Wildman–Crippen LogP) is 5.01. The van der Waals surface area contributed by atoms with Crippen molar-refractivity contribution in [1.29, 1.82) is 0 Å². The summed E-state index contributed by atoms with van der Waals surface area (Å²) in [5, 5.41) is 18.4. The number of fused-ring (bicyclic) bond motifs is 2. The molecule has 0 radical (unpaired) electrons. The number of hydrogen-bond donors (Lipinski definition) is 3. The van der Waals surface area contributed by atoms with Crippen molar-refractivity contribution in [2.75, 3.05) is 19.6 Å². The molecule has 4 N–H and O–H groups in total. The van der Waals surface area contributed by atoms with Crippen molar-refractivity contribution < 1.29 is 24.3 Å². The van der Waals surface area contributed by atoms with Crippen LogP contribution < -0.4 is 11.2 Å². The lowest BCUT2D eigenvalue weighted by Crippen LogP contribution is -2.76. The number of aromatic hydroxyl groups is 1. The fourth-order valence-electron chi connectivity index (χ4n) is 7.85. The molecule has 2 saturated heterocycles. The first-order chi connectivity index (χ1) is 27.4. The third-order valence-corrected chi connectivity index (χ3v) is 10.7. The highest BCUT2D eigenvalue weighted by molar-refractivity contribution is 5.99. The minimum Gasteiger partial charge on any atom is -0.508 e. The Labute approximate surface area is 332 Å². The normalized spacial score (nSPS) is 17.2. The fraction of sp³-hybridized carbons (Fsp3) is 0.273. The van der Waals surface area contributed by atoms with Crippen LogP contribution in [0.4, 0.5) is 4.79 Å². The van der Waals surface area contributed by atoms with Gasteiger partial charge in [0.05, 0.1) is 18.6 Å². The highest BCUT2D eigenvalue weighted by Gasteiger charge is 2.51. The Bertz CT molecular complexity index is 2290. The number of phenolic OH excluding ortho intramolecular Hbond substituents is 1. The van der Waals surface area contributed by atoms with Crippen LogP contribution in [-0.4, -0.2) is 96.1 Å². The Balaban J connectivity index is 1.24. The molecule has 0 unspecified atom stereocenters. The Morgan fingerprint density at radius 2 is 1.68 bits per heavy atom. The Morgan fingerprint density at radius 3 is 2.37 bits per heavy atom. The quantitative estimate of drug-likeness (QED) is 0.0741. The van der Waals surface area contributed by atoms with Crippen molar-refractivity contribution in [3.05, 3.63) is 138 Å². The molecule has 5 amide bonds. The van der Waals surface area contributed by atoms with Gasteiger partial charge < -0.3 is 24.8 Å². The SMILES string of the molecule is C=CCN1CC(=O)N2[C@@H](Cc3ccc(O)cc3)C(=O)N(Cc3cccc4c(-c5ccc(C(=O)N(N)C(C)C)cc5)cn(C)c34)C[C@@H]2N1C(=O)NCc1ccccc1. The van der Waals surface area contributed by atoms with Gasteiger partial charge in [-0.2, -0.15) is 0 Å².